The number of halogens is 1. The van der Waals surface area contributed by atoms with Gasteiger partial charge in [0, 0.05) is 38.0 Å². The Morgan fingerprint density at radius 3 is 2.65 bits per heavy atom. The molecule has 2 saturated carbocycles. The van der Waals surface area contributed by atoms with Gasteiger partial charge in [-0.3, -0.25) is 9.47 Å². The first-order valence-corrected chi connectivity index (χ1v) is 11.0. The summed E-state index contributed by atoms with van der Waals surface area (Å²) in [5.74, 6) is 0.0255. The Morgan fingerprint density at radius 1 is 1.26 bits per heavy atom. The van der Waals surface area contributed by atoms with E-state index < -0.39 is 11.4 Å². The first kappa shape index (κ1) is 20.4. The first-order chi connectivity index (χ1) is 14.9. The molecule has 1 aromatic heterocycles. The smallest absolute Gasteiger partial charge is 0.341 e. The Morgan fingerprint density at radius 2 is 2.03 bits per heavy atom. The normalized spacial score (nSPS) is 23.2. The average Bonchev–Trinajstić information content (AvgIpc) is 2.73. The summed E-state index contributed by atoms with van der Waals surface area (Å²) in [6.07, 6.45) is 6.79. The summed E-state index contributed by atoms with van der Waals surface area (Å²) in [7, 11) is 1.66. The predicted molar refractivity (Wildman–Crippen MR) is 117 cm³/mol. The lowest BCUT2D eigenvalue weighted by Crippen LogP contribution is -2.70. The Kier molecular flexibility index (Phi) is 4.98. The van der Waals surface area contributed by atoms with Gasteiger partial charge < -0.3 is 19.6 Å². The van der Waals surface area contributed by atoms with Gasteiger partial charge in [0.25, 0.3) is 0 Å². The van der Waals surface area contributed by atoms with Gasteiger partial charge in [0.05, 0.1) is 29.4 Å². The van der Waals surface area contributed by atoms with Crippen molar-refractivity contribution in [3.8, 4) is 17.0 Å². The number of carboxylic acid groups (broad SMARTS) is 1. The van der Waals surface area contributed by atoms with Gasteiger partial charge in [0.15, 0.2) is 5.43 Å². The van der Waals surface area contributed by atoms with E-state index in [9.17, 15) is 14.7 Å². The fourth-order valence-corrected chi connectivity index (χ4v) is 5.48. The van der Waals surface area contributed by atoms with Crippen molar-refractivity contribution in [2.75, 3.05) is 25.3 Å². The molecule has 0 spiro atoms. The summed E-state index contributed by atoms with van der Waals surface area (Å²) in [6.45, 7) is 1.73. The van der Waals surface area contributed by atoms with Gasteiger partial charge in [-0.15, -0.1) is 0 Å². The predicted octanol–water partition coefficient (Wildman–Crippen LogP) is 3.68. The summed E-state index contributed by atoms with van der Waals surface area (Å²) in [6, 6.07) is 5.20. The van der Waals surface area contributed by atoms with Crippen molar-refractivity contribution in [1.82, 2.24) is 4.68 Å². The maximum Gasteiger partial charge on any atom is 0.341 e. The van der Waals surface area contributed by atoms with Crippen LogP contribution in [0.2, 0.25) is 5.02 Å². The van der Waals surface area contributed by atoms with Gasteiger partial charge >= 0.3 is 5.97 Å². The number of methoxy groups -OCH3 is 1. The summed E-state index contributed by atoms with van der Waals surface area (Å²) < 4.78 is 12.8. The minimum atomic E-state index is -1.21. The molecule has 31 heavy (non-hydrogen) atoms. The van der Waals surface area contributed by atoms with Crippen molar-refractivity contribution in [3.05, 3.63) is 50.8 Å². The van der Waals surface area contributed by atoms with Crippen LogP contribution in [0.15, 0.2) is 29.2 Å². The zero-order valence-electron chi connectivity index (χ0n) is 17.4. The molecule has 0 unspecified atom stereocenters. The molecule has 1 N–H and O–H groups in total. The highest BCUT2D eigenvalue weighted by atomic mass is 35.5. The van der Waals surface area contributed by atoms with Crippen molar-refractivity contribution in [3.63, 3.8) is 0 Å². The van der Waals surface area contributed by atoms with Gasteiger partial charge in [0.2, 0.25) is 0 Å². The summed E-state index contributed by atoms with van der Waals surface area (Å²) in [5, 5.41) is 12.2. The minimum absolute atomic E-state index is 0.0381. The first-order valence-electron chi connectivity index (χ1n) is 10.7. The third kappa shape index (κ3) is 3.13. The van der Waals surface area contributed by atoms with Gasteiger partial charge in [-0.05, 0) is 49.3 Å². The fraction of sp³-hybridized carbons (Fsp3) is 0.478. The van der Waals surface area contributed by atoms with Crippen LogP contribution < -0.4 is 15.2 Å². The van der Waals surface area contributed by atoms with E-state index in [4.69, 9.17) is 21.1 Å². The number of fused-ring (bicyclic) bond motifs is 4. The number of nitrogens with zero attached hydrogens (tertiary/aromatic N) is 2. The minimum Gasteiger partial charge on any atom is -0.492 e. The van der Waals surface area contributed by atoms with Crippen LogP contribution in [-0.4, -0.2) is 41.6 Å². The number of carbonyl (C=O) groups is 1. The molecule has 1 aromatic carbocycles. The van der Waals surface area contributed by atoms with Crippen molar-refractivity contribution >= 4 is 17.6 Å². The number of hydrogen-bond acceptors (Lipinski definition) is 5. The second kappa shape index (κ2) is 7.57. The molecule has 2 aromatic rings. The second-order valence-electron chi connectivity index (χ2n) is 8.66. The molecule has 0 atom stereocenters. The van der Waals surface area contributed by atoms with Crippen molar-refractivity contribution in [2.45, 2.75) is 44.2 Å². The molecule has 0 radical (unpaired) electrons. The van der Waals surface area contributed by atoms with Gasteiger partial charge in [-0.1, -0.05) is 11.6 Å². The topological polar surface area (TPSA) is 81.0 Å². The number of rotatable bonds is 7. The number of hydrogen-bond donors (Lipinski definition) is 1. The van der Waals surface area contributed by atoms with E-state index in [1.54, 1.807) is 7.11 Å². The van der Waals surface area contributed by atoms with Crippen LogP contribution in [0.1, 0.15) is 48.0 Å². The highest BCUT2D eigenvalue weighted by molar-refractivity contribution is 6.32. The van der Waals surface area contributed by atoms with Crippen LogP contribution in [0.4, 0.5) is 0 Å². The molecule has 0 bridgehead atoms. The van der Waals surface area contributed by atoms with Gasteiger partial charge in [-0.2, -0.15) is 0 Å². The standard InChI is InChI=1S/C23H25ClN2O5/c1-30-7-2-8-31-21-9-14-12-26(23-5-3-15(23)4-6-23)25-13-17(22(28)29)20(27)11-19(25)16(14)10-18(21)24/h9-11,13,15H,2-8,12H2,1H3,(H,28,29). The number of aromatic nitrogens is 1. The monoisotopic (exact) mass is 444 g/mol. The lowest BCUT2D eigenvalue weighted by atomic mass is 9.52. The zero-order valence-corrected chi connectivity index (χ0v) is 18.2. The molecular weight excluding hydrogens is 420 g/mol. The molecule has 5 rings (SSSR count). The summed E-state index contributed by atoms with van der Waals surface area (Å²) >= 11 is 6.51. The maximum atomic E-state index is 12.5. The number of aromatic carboxylic acids is 1. The van der Waals surface area contributed by atoms with Crippen LogP contribution in [0, 0.1) is 5.92 Å². The molecule has 2 heterocycles. The van der Waals surface area contributed by atoms with Crippen LogP contribution in [0.5, 0.6) is 5.75 Å². The van der Waals surface area contributed by atoms with Crippen molar-refractivity contribution < 1.29 is 19.4 Å². The molecule has 1 aliphatic heterocycles. The lowest BCUT2D eigenvalue weighted by Gasteiger charge is -2.65. The molecule has 2 aliphatic carbocycles. The lowest BCUT2D eigenvalue weighted by molar-refractivity contribution is -0.0144. The summed E-state index contributed by atoms with van der Waals surface area (Å²) in [5.41, 5.74) is 1.87. The van der Waals surface area contributed by atoms with E-state index in [0.717, 1.165) is 30.4 Å². The molecule has 0 amide bonds. The Bertz CT molecular complexity index is 1100. The van der Waals surface area contributed by atoms with Crippen LogP contribution >= 0.6 is 11.6 Å². The van der Waals surface area contributed by atoms with Crippen molar-refractivity contribution in [2.24, 2.45) is 5.92 Å². The second-order valence-corrected chi connectivity index (χ2v) is 9.06. The molecule has 2 fully saturated rings. The maximum absolute atomic E-state index is 12.5. The molecule has 8 heteroatoms. The SMILES string of the molecule is COCCCOc1cc2c(cc1Cl)-c1cc(=O)c(C(=O)O)cn1N(C13CCC1CC3)C2. The van der Waals surface area contributed by atoms with E-state index in [0.29, 0.717) is 42.1 Å². The average molecular weight is 445 g/mol. The molecule has 164 valence electrons. The third-order valence-electron chi connectivity index (χ3n) is 7.15. The van der Waals surface area contributed by atoms with Crippen LogP contribution in [-0.2, 0) is 11.3 Å². The van der Waals surface area contributed by atoms with Crippen molar-refractivity contribution in [1.29, 1.82) is 0 Å². The van der Waals surface area contributed by atoms with E-state index in [1.807, 2.05) is 16.8 Å². The number of ether oxygens (including phenoxy) is 2. The fourth-order valence-electron chi connectivity index (χ4n) is 5.26. The Hall–Kier alpha value is -2.51. The van der Waals surface area contributed by atoms with E-state index in [2.05, 4.69) is 5.01 Å². The number of carboxylic acids is 1. The zero-order chi connectivity index (χ0) is 21.8. The van der Waals surface area contributed by atoms with Crippen LogP contribution in [0.3, 0.4) is 0 Å². The highest BCUT2D eigenvalue weighted by Gasteiger charge is 2.58. The quantitative estimate of drug-likeness (QED) is 0.656. The largest absolute Gasteiger partial charge is 0.492 e. The molecule has 0 saturated heterocycles. The third-order valence-corrected chi connectivity index (χ3v) is 7.45. The molecular formula is C23H25ClN2O5. The highest BCUT2D eigenvalue weighted by Crippen LogP contribution is 2.58. The molecule has 3 aliphatic rings. The van der Waals surface area contributed by atoms with E-state index in [1.165, 1.54) is 25.1 Å². The molecule has 7 nitrogen and oxygen atoms in total. The number of benzene rings is 1. The number of pyridine rings is 1. The van der Waals surface area contributed by atoms with E-state index in [-0.39, 0.29) is 11.1 Å². The Balaban J connectivity index is 1.59. The van der Waals surface area contributed by atoms with E-state index >= 15 is 0 Å². The van der Waals surface area contributed by atoms with Crippen LogP contribution in [0.25, 0.3) is 11.3 Å². The Labute approximate surface area is 185 Å². The summed E-state index contributed by atoms with van der Waals surface area (Å²) in [4.78, 5) is 24.2. The van der Waals surface area contributed by atoms with Gasteiger partial charge in [0.1, 0.15) is 11.3 Å². The van der Waals surface area contributed by atoms with Gasteiger partial charge in [-0.25, -0.2) is 4.79 Å².